The SMILES string of the molecule is CCCSCc1[nH]nc(N)c1-c1nc2ccccc2c(=O)[nH]1. The summed E-state index contributed by atoms with van der Waals surface area (Å²) in [4.78, 5) is 19.5. The molecule has 0 atom stereocenters. The van der Waals surface area contributed by atoms with Gasteiger partial charge in [-0.25, -0.2) is 4.98 Å². The van der Waals surface area contributed by atoms with Gasteiger partial charge in [0.25, 0.3) is 5.56 Å². The number of rotatable bonds is 5. The molecule has 0 aliphatic carbocycles. The molecule has 0 unspecified atom stereocenters. The Morgan fingerprint density at radius 2 is 2.14 bits per heavy atom. The second-order valence-corrected chi connectivity index (χ2v) is 6.05. The molecule has 6 nitrogen and oxygen atoms in total. The van der Waals surface area contributed by atoms with Crippen LogP contribution in [0.15, 0.2) is 29.1 Å². The molecule has 22 heavy (non-hydrogen) atoms. The number of aromatic amines is 2. The van der Waals surface area contributed by atoms with E-state index in [4.69, 9.17) is 5.73 Å². The van der Waals surface area contributed by atoms with Crippen molar-refractivity contribution in [3.8, 4) is 11.4 Å². The fraction of sp³-hybridized carbons (Fsp3) is 0.267. The number of nitrogens with zero attached hydrogens (tertiary/aromatic N) is 2. The van der Waals surface area contributed by atoms with Crippen LogP contribution in [0.25, 0.3) is 22.3 Å². The van der Waals surface area contributed by atoms with Gasteiger partial charge in [0.1, 0.15) is 5.82 Å². The molecule has 0 spiro atoms. The summed E-state index contributed by atoms with van der Waals surface area (Å²) in [6.07, 6.45) is 1.11. The molecule has 0 aliphatic heterocycles. The summed E-state index contributed by atoms with van der Waals surface area (Å²) in [5.74, 6) is 2.62. The second-order valence-electron chi connectivity index (χ2n) is 4.95. The van der Waals surface area contributed by atoms with Gasteiger partial charge in [-0.2, -0.15) is 16.9 Å². The van der Waals surface area contributed by atoms with E-state index in [1.165, 1.54) is 0 Å². The molecule has 0 aliphatic rings. The summed E-state index contributed by atoms with van der Waals surface area (Å²) in [5.41, 5.74) is 8.00. The predicted molar refractivity (Wildman–Crippen MR) is 90.8 cm³/mol. The smallest absolute Gasteiger partial charge is 0.259 e. The highest BCUT2D eigenvalue weighted by Gasteiger charge is 2.16. The lowest BCUT2D eigenvalue weighted by Gasteiger charge is -2.05. The molecule has 0 bridgehead atoms. The van der Waals surface area contributed by atoms with Crippen LogP contribution in [-0.4, -0.2) is 25.9 Å². The Balaban J connectivity index is 2.07. The average Bonchev–Trinajstić information content (AvgIpc) is 2.88. The standard InChI is InChI=1S/C15H17N5OS/c1-2-7-22-8-11-12(13(16)20-19-11)14-17-10-6-4-3-5-9(10)15(21)18-14/h3-6H,2,7-8H2,1H3,(H3,16,19,20)(H,17,18,21). The van der Waals surface area contributed by atoms with E-state index in [0.717, 1.165) is 23.6 Å². The summed E-state index contributed by atoms with van der Waals surface area (Å²) in [6.45, 7) is 2.14. The third-order valence-corrected chi connectivity index (χ3v) is 4.50. The zero-order chi connectivity index (χ0) is 15.5. The average molecular weight is 315 g/mol. The number of thioether (sulfide) groups is 1. The van der Waals surface area contributed by atoms with Crippen LogP contribution in [0.5, 0.6) is 0 Å². The molecule has 3 aromatic rings. The minimum absolute atomic E-state index is 0.173. The van der Waals surface area contributed by atoms with E-state index in [1.54, 1.807) is 17.8 Å². The Morgan fingerprint density at radius 1 is 1.32 bits per heavy atom. The van der Waals surface area contributed by atoms with E-state index in [1.807, 2.05) is 18.2 Å². The number of nitrogens with one attached hydrogen (secondary N) is 2. The molecule has 0 amide bonds. The number of benzene rings is 1. The molecule has 114 valence electrons. The van der Waals surface area contributed by atoms with Crippen LogP contribution >= 0.6 is 11.8 Å². The Labute approximate surface area is 131 Å². The monoisotopic (exact) mass is 315 g/mol. The van der Waals surface area contributed by atoms with E-state index < -0.39 is 0 Å². The summed E-state index contributed by atoms with van der Waals surface area (Å²) < 4.78 is 0. The van der Waals surface area contributed by atoms with E-state index >= 15 is 0 Å². The van der Waals surface area contributed by atoms with E-state index in [9.17, 15) is 4.79 Å². The summed E-state index contributed by atoms with van der Waals surface area (Å²) in [5, 5.41) is 7.56. The minimum Gasteiger partial charge on any atom is -0.382 e. The maximum Gasteiger partial charge on any atom is 0.259 e. The zero-order valence-electron chi connectivity index (χ0n) is 12.2. The third kappa shape index (κ3) is 2.71. The fourth-order valence-electron chi connectivity index (χ4n) is 2.29. The van der Waals surface area contributed by atoms with Gasteiger partial charge in [0, 0.05) is 5.75 Å². The molecule has 0 saturated carbocycles. The highest BCUT2D eigenvalue weighted by atomic mass is 32.2. The first-order chi connectivity index (χ1) is 10.7. The van der Waals surface area contributed by atoms with Crippen LogP contribution < -0.4 is 11.3 Å². The number of para-hydroxylation sites is 1. The predicted octanol–water partition coefficient (Wildman–Crippen LogP) is 2.54. The Kier molecular flexibility index (Phi) is 4.15. The number of nitrogens with two attached hydrogens (primary N) is 1. The number of nitrogen functional groups attached to an aromatic ring is 1. The Morgan fingerprint density at radius 3 is 2.95 bits per heavy atom. The van der Waals surface area contributed by atoms with E-state index in [0.29, 0.717) is 28.1 Å². The number of hydrogen-bond donors (Lipinski definition) is 3. The zero-order valence-corrected chi connectivity index (χ0v) is 13.0. The van der Waals surface area contributed by atoms with Crippen LogP contribution in [0.2, 0.25) is 0 Å². The summed E-state index contributed by atoms with van der Waals surface area (Å²) in [6, 6.07) is 7.24. The molecule has 0 fully saturated rings. The molecular formula is C15H17N5OS. The van der Waals surface area contributed by atoms with Gasteiger partial charge in [0.05, 0.1) is 22.2 Å². The molecule has 0 radical (unpaired) electrons. The molecule has 0 saturated heterocycles. The van der Waals surface area contributed by atoms with Crippen molar-refractivity contribution in [2.24, 2.45) is 0 Å². The second kappa shape index (κ2) is 6.23. The van der Waals surface area contributed by atoms with Gasteiger partial charge in [-0.05, 0) is 24.3 Å². The fourth-order valence-corrected chi connectivity index (χ4v) is 3.13. The van der Waals surface area contributed by atoms with Gasteiger partial charge in [-0.15, -0.1) is 0 Å². The first kappa shape index (κ1) is 14.6. The van der Waals surface area contributed by atoms with Gasteiger partial charge in [-0.1, -0.05) is 19.1 Å². The van der Waals surface area contributed by atoms with Crippen molar-refractivity contribution in [3.05, 3.63) is 40.3 Å². The van der Waals surface area contributed by atoms with Crippen molar-refractivity contribution in [1.29, 1.82) is 0 Å². The maximum absolute atomic E-state index is 12.2. The van der Waals surface area contributed by atoms with Gasteiger partial charge < -0.3 is 10.7 Å². The minimum atomic E-state index is -0.173. The van der Waals surface area contributed by atoms with Crippen molar-refractivity contribution in [3.63, 3.8) is 0 Å². The van der Waals surface area contributed by atoms with Crippen molar-refractivity contribution in [2.45, 2.75) is 19.1 Å². The van der Waals surface area contributed by atoms with Gasteiger partial charge >= 0.3 is 0 Å². The van der Waals surface area contributed by atoms with Crippen molar-refractivity contribution < 1.29 is 0 Å². The Hall–Kier alpha value is -2.28. The number of aromatic nitrogens is 4. The molecular weight excluding hydrogens is 298 g/mol. The number of fused-ring (bicyclic) bond motifs is 1. The number of H-pyrrole nitrogens is 2. The number of hydrogen-bond acceptors (Lipinski definition) is 5. The molecule has 4 N–H and O–H groups in total. The number of anilines is 1. The maximum atomic E-state index is 12.2. The topological polar surface area (TPSA) is 100 Å². The van der Waals surface area contributed by atoms with Crippen LogP contribution in [0.1, 0.15) is 19.0 Å². The van der Waals surface area contributed by atoms with Gasteiger partial charge in [0.2, 0.25) is 0 Å². The van der Waals surface area contributed by atoms with Gasteiger partial charge in [0.15, 0.2) is 5.82 Å². The van der Waals surface area contributed by atoms with E-state index in [-0.39, 0.29) is 5.56 Å². The van der Waals surface area contributed by atoms with Crippen molar-refractivity contribution >= 4 is 28.5 Å². The lowest BCUT2D eigenvalue weighted by molar-refractivity contribution is 1.04. The quantitative estimate of drug-likeness (QED) is 0.628. The van der Waals surface area contributed by atoms with Crippen LogP contribution in [0, 0.1) is 0 Å². The van der Waals surface area contributed by atoms with E-state index in [2.05, 4.69) is 27.1 Å². The Bertz CT molecular complexity index is 855. The van der Waals surface area contributed by atoms with Crippen molar-refractivity contribution in [1.82, 2.24) is 20.2 Å². The third-order valence-electron chi connectivity index (χ3n) is 3.31. The van der Waals surface area contributed by atoms with Gasteiger partial charge in [-0.3, -0.25) is 9.89 Å². The first-order valence-electron chi connectivity index (χ1n) is 7.10. The normalized spacial score (nSPS) is 11.1. The summed E-state index contributed by atoms with van der Waals surface area (Å²) >= 11 is 1.79. The highest BCUT2D eigenvalue weighted by molar-refractivity contribution is 7.98. The molecule has 3 rings (SSSR count). The molecule has 7 heteroatoms. The molecule has 2 heterocycles. The summed E-state index contributed by atoms with van der Waals surface area (Å²) in [7, 11) is 0. The first-order valence-corrected chi connectivity index (χ1v) is 8.26. The lowest BCUT2D eigenvalue weighted by Crippen LogP contribution is -2.10. The molecule has 2 aromatic heterocycles. The largest absolute Gasteiger partial charge is 0.382 e. The van der Waals surface area contributed by atoms with Crippen LogP contribution in [-0.2, 0) is 5.75 Å². The van der Waals surface area contributed by atoms with Crippen LogP contribution in [0.4, 0.5) is 5.82 Å². The van der Waals surface area contributed by atoms with Crippen LogP contribution in [0.3, 0.4) is 0 Å². The lowest BCUT2D eigenvalue weighted by atomic mass is 10.2. The highest BCUT2D eigenvalue weighted by Crippen LogP contribution is 2.28. The van der Waals surface area contributed by atoms with Crippen molar-refractivity contribution in [2.75, 3.05) is 11.5 Å². The molecule has 1 aromatic carbocycles.